The van der Waals surface area contributed by atoms with Gasteiger partial charge in [-0.3, -0.25) is 0 Å². The molecule has 0 heterocycles. The molecule has 0 unspecified atom stereocenters. The minimum Gasteiger partial charge on any atom is -0.479 e. The molecule has 0 radical (unpaired) electrons. The fraction of sp³-hybridized carbons (Fsp3) is 0.562. The predicted octanol–water partition coefficient (Wildman–Crippen LogP) is 3.26. The van der Waals surface area contributed by atoms with Gasteiger partial charge in [-0.15, -0.1) is 0 Å². The van der Waals surface area contributed by atoms with Crippen LogP contribution in [0.5, 0.6) is 5.75 Å². The molecule has 0 spiro atoms. The molecule has 3 nitrogen and oxygen atoms in total. The molecule has 0 atom stereocenters. The fourth-order valence-electron chi connectivity index (χ4n) is 2.56. The van der Waals surface area contributed by atoms with Crippen LogP contribution in [0.15, 0.2) is 24.3 Å². The largest absolute Gasteiger partial charge is 0.479 e. The molecule has 0 bridgehead atoms. The molecule has 19 heavy (non-hydrogen) atoms. The van der Waals surface area contributed by atoms with Gasteiger partial charge in [-0.05, 0) is 42.4 Å². The first-order valence-electron chi connectivity index (χ1n) is 7.07. The molecular weight excluding hydrogens is 236 g/mol. The molecule has 0 aliphatic heterocycles. The molecule has 1 aliphatic rings. The Hall–Kier alpha value is -1.53. The van der Waals surface area contributed by atoms with Crippen LogP contribution in [0.4, 0.5) is 0 Å². The molecule has 3 heteroatoms. The van der Waals surface area contributed by atoms with E-state index in [0.29, 0.717) is 5.41 Å². The minimum absolute atomic E-state index is 0.108. The second-order valence-corrected chi connectivity index (χ2v) is 5.45. The van der Waals surface area contributed by atoms with E-state index in [1.165, 1.54) is 31.2 Å². The molecule has 102 valence electrons. The van der Waals surface area contributed by atoms with Crippen molar-refractivity contribution in [2.24, 2.45) is 5.41 Å². The van der Waals surface area contributed by atoms with E-state index in [1.807, 2.05) is 24.3 Å². The van der Waals surface area contributed by atoms with Gasteiger partial charge in [0, 0.05) is 13.1 Å². The summed E-state index contributed by atoms with van der Waals surface area (Å²) in [5.74, 6) is 0.774. The lowest BCUT2D eigenvalue weighted by molar-refractivity contribution is 0.367. The van der Waals surface area contributed by atoms with Crippen LogP contribution in [0.25, 0.3) is 0 Å². The van der Waals surface area contributed by atoms with E-state index in [2.05, 4.69) is 18.3 Å². The van der Waals surface area contributed by atoms with E-state index < -0.39 is 0 Å². The molecule has 2 rings (SSSR count). The average Bonchev–Trinajstić information content (AvgIpc) is 3.17. The smallest absolute Gasteiger partial charge is 0.174 e. The van der Waals surface area contributed by atoms with Crippen molar-refractivity contribution < 1.29 is 4.74 Å². The Morgan fingerprint density at radius 3 is 2.95 bits per heavy atom. The van der Waals surface area contributed by atoms with E-state index >= 15 is 0 Å². The Kier molecular flexibility index (Phi) is 4.81. The Bertz CT molecular complexity index is 446. The summed E-state index contributed by atoms with van der Waals surface area (Å²) in [6.07, 6.45) is 5.36. The van der Waals surface area contributed by atoms with Crippen molar-refractivity contribution in [2.45, 2.75) is 39.2 Å². The van der Waals surface area contributed by atoms with Gasteiger partial charge in [0.25, 0.3) is 0 Å². The minimum atomic E-state index is 0.108. The number of benzene rings is 1. The molecule has 1 aliphatic carbocycles. The van der Waals surface area contributed by atoms with Gasteiger partial charge in [-0.2, -0.15) is 5.26 Å². The number of rotatable bonds is 8. The van der Waals surface area contributed by atoms with Gasteiger partial charge in [-0.1, -0.05) is 25.5 Å². The monoisotopic (exact) mass is 258 g/mol. The maximum Gasteiger partial charge on any atom is 0.174 e. The quantitative estimate of drug-likeness (QED) is 0.778. The lowest BCUT2D eigenvalue weighted by Gasteiger charge is -2.15. The molecule has 1 saturated carbocycles. The van der Waals surface area contributed by atoms with Crippen molar-refractivity contribution in [3.63, 3.8) is 0 Å². The van der Waals surface area contributed by atoms with Crippen molar-refractivity contribution in [3.05, 3.63) is 29.8 Å². The second-order valence-electron chi connectivity index (χ2n) is 5.45. The van der Waals surface area contributed by atoms with Gasteiger partial charge in [0.05, 0.1) is 0 Å². The van der Waals surface area contributed by atoms with Crippen LogP contribution < -0.4 is 10.1 Å². The third-order valence-corrected chi connectivity index (χ3v) is 3.77. The molecule has 0 amide bonds. The molecule has 0 aromatic heterocycles. The van der Waals surface area contributed by atoms with Gasteiger partial charge >= 0.3 is 0 Å². The SMILES string of the molecule is CCCC1(CNCc2cccc(OCC#N)c2)CC1. The van der Waals surface area contributed by atoms with Crippen molar-refractivity contribution in [1.29, 1.82) is 5.26 Å². The topological polar surface area (TPSA) is 45.0 Å². The highest BCUT2D eigenvalue weighted by molar-refractivity contribution is 5.28. The standard InChI is InChI=1S/C16H22N2O/c1-2-6-16(7-8-16)13-18-12-14-4-3-5-15(11-14)19-10-9-17/h3-5,11,18H,2,6-8,10,12-13H2,1H3. The number of hydrogen-bond acceptors (Lipinski definition) is 3. The summed E-state index contributed by atoms with van der Waals surface area (Å²) >= 11 is 0. The van der Waals surface area contributed by atoms with Crippen LogP contribution >= 0.6 is 0 Å². The lowest BCUT2D eigenvalue weighted by atomic mass is 10.0. The highest BCUT2D eigenvalue weighted by Crippen LogP contribution is 2.48. The first kappa shape index (κ1) is 13.9. The third-order valence-electron chi connectivity index (χ3n) is 3.77. The normalized spacial score (nSPS) is 15.8. The van der Waals surface area contributed by atoms with Crippen LogP contribution in [0, 0.1) is 16.7 Å². The van der Waals surface area contributed by atoms with Crippen LogP contribution in [0.1, 0.15) is 38.2 Å². The molecule has 1 N–H and O–H groups in total. The molecule has 0 saturated heterocycles. The van der Waals surface area contributed by atoms with E-state index in [4.69, 9.17) is 10.00 Å². The summed E-state index contributed by atoms with van der Waals surface area (Å²) in [7, 11) is 0. The molecular formula is C16H22N2O. The zero-order valence-electron chi connectivity index (χ0n) is 11.6. The van der Waals surface area contributed by atoms with E-state index in [0.717, 1.165) is 18.8 Å². The molecule has 1 aromatic carbocycles. The second kappa shape index (κ2) is 6.58. The third kappa shape index (κ3) is 4.25. The Labute approximate surface area is 115 Å². The van der Waals surface area contributed by atoms with Gasteiger partial charge in [0.1, 0.15) is 11.8 Å². The number of nitrogens with one attached hydrogen (secondary N) is 1. The lowest BCUT2D eigenvalue weighted by Crippen LogP contribution is -2.23. The summed E-state index contributed by atoms with van der Waals surface area (Å²) < 4.78 is 5.31. The van der Waals surface area contributed by atoms with Gasteiger partial charge in [-0.25, -0.2) is 0 Å². The Balaban J connectivity index is 1.78. The zero-order chi connectivity index (χ0) is 13.6. The fourth-order valence-corrected chi connectivity index (χ4v) is 2.56. The van der Waals surface area contributed by atoms with Crippen LogP contribution in [0.3, 0.4) is 0 Å². The first-order valence-corrected chi connectivity index (χ1v) is 7.07. The van der Waals surface area contributed by atoms with Crippen molar-refractivity contribution in [3.8, 4) is 11.8 Å². The van der Waals surface area contributed by atoms with Crippen molar-refractivity contribution in [2.75, 3.05) is 13.2 Å². The van der Waals surface area contributed by atoms with Crippen molar-refractivity contribution in [1.82, 2.24) is 5.32 Å². The van der Waals surface area contributed by atoms with Gasteiger partial charge < -0.3 is 10.1 Å². The summed E-state index contributed by atoms with van der Waals surface area (Å²) in [6.45, 7) is 4.35. The summed E-state index contributed by atoms with van der Waals surface area (Å²) in [6, 6.07) is 9.94. The molecule has 1 aromatic rings. The van der Waals surface area contributed by atoms with Crippen molar-refractivity contribution >= 4 is 0 Å². The Morgan fingerprint density at radius 2 is 2.26 bits per heavy atom. The summed E-state index contributed by atoms with van der Waals surface area (Å²) in [5, 5.41) is 12.0. The van der Waals surface area contributed by atoms with E-state index in [-0.39, 0.29) is 6.61 Å². The number of nitrogens with zero attached hydrogens (tertiary/aromatic N) is 1. The predicted molar refractivity (Wildman–Crippen MR) is 75.8 cm³/mol. The van der Waals surface area contributed by atoms with Crippen LogP contribution in [0.2, 0.25) is 0 Å². The molecule has 1 fully saturated rings. The number of ether oxygens (including phenoxy) is 1. The summed E-state index contributed by atoms with van der Waals surface area (Å²) in [5.41, 5.74) is 1.80. The van der Waals surface area contributed by atoms with Gasteiger partial charge in [0.15, 0.2) is 6.61 Å². The first-order chi connectivity index (χ1) is 9.28. The van der Waals surface area contributed by atoms with Crippen LogP contribution in [-0.2, 0) is 6.54 Å². The van der Waals surface area contributed by atoms with E-state index in [9.17, 15) is 0 Å². The summed E-state index contributed by atoms with van der Waals surface area (Å²) in [4.78, 5) is 0. The van der Waals surface area contributed by atoms with E-state index in [1.54, 1.807) is 0 Å². The number of nitriles is 1. The maximum atomic E-state index is 8.50. The highest BCUT2D eigenvalue weighted by Gasteiger charge is 2.40. The Morgan fingerprint density at radius 1 is 1.42 bits per heavy atom. The van der Waals surface area contributed by atoms with Crippen LogP contribution in [-0.4, -0.2) is 13.2 Å². The number of hydrogen-bond donors (Lipinski definition) is 1. The highest BCUT2D eigenvalue weighted by atomic mass is 16.5. The average molecular weight is 258 g/mol. The zero-order valence-corrected chi connectivity index (χ0v) is 11.6. The van der Waals surface area contributed by atoms with Gasteiger partial charge in [0.2, 0.25) is 0 Å². The maximum absolute atomic E-state index is 8.50.